The Hall–Kier alpha value is -2.47. The number of amides is 2. The highest BCUT2D eigenvalue weighted by Gasteiger charge is 2.26. The molecule has 1 saturated heterocycles. The molecule has 0 radical (unpaired) electrons. The van der Waals surface area contributed by atoms with Crippen molar-refractivity contribution in [3.8, 4) is 5.75 Å². The molecule has 0 spiro atoms. The lowest BCUT2D eigenvalue weighted by Crippen LogP contribution is -2.51. The van der Waals surface area contributed by atoms with Gasteiger partial charge in [-0.1, -0.05) is 38.1 Å². The lowest BCUT2D eigenvalue weighted by atomic mass is 10.1. The SMILES string of the molecule is COc1cccc(CC(=O)N2CCN(C(=O)c3ccccc3SC(C)C)CC2)c1. The summed E-state index contributed by atoms with van der Waals surface area (Å²) in [5.41, 5.74) is 1.69. The van der Waals surface area contributed by atoms with Crippen LogP contribution in [0.3, 0.4) is 0 Å². The molecule has 1 aliphatic heterocycles. The summed E-state index contributed by atoms with van der Waals surface area (Å²) in [5.74, 6) is 0.887. The third-order valence-corrected chi connectivity index (χ3v) is 5.97. The van der Waals surface area contributed by atoms with Crippen LogP contribution in [0.2, 0.25) is 0 Å². The fourth-order valence-corrected chi connectivity index (χ4v) is 4.35. The van der Waals surface area contributed by atoms with Crippen LogP contribution in [0, 0.1) is 0 Å². The highest BCUT2D eigenvalue weighted by atomic mass is 32.2. The molecule has 154 valence electrons. The van der Waals surface area contributed by atoms with E-state index in [1.807, 2.05) is 58.3 Å². The number of hydrogen-bond donors (Lipinski definition) is 0. The van der Waals surface area contributed by atoms with Crippen LogP contribution >= 0.6 is 11.8 Å². The van der Waals surface area contributed by atoms with Crippen molar-refractivity contribution in [1.29, 1.82) is 0 Å². The first-order valence-electron chi connectivity index (χ1n) is 9.93. The maximum absolute atomic E-state index is 13.0. The number of piperazine rings is 1. The Morgan fingerprint density at radius 3 is 2.38 bits per heavy atom. The molecule has 6 heteroatoms. The Balaban J connectivity index is 1.59. The Labute approximate surface area is 177 Å². The number of ether oxygens (including phenoxy) is 1. The van der Waals surface area contributed by atoms with Crippen molar-refractivity contribution in [2.75, 3.05) is 33.3 Å². The van der Waals surface area contributed by atoms with E-state index in [9.17, 15) is 9.59 Å². The zero-order valence-corrected chi connectivity index (χ0v) is 18.1. The van der Waals surface area contributed by atoms with Gasteiger partial charge < -0.3 is 14.5 Å². The average Bonchev–Trinajstić information content (AvgIpc) is 2.73. The Morgan fingerprint density at radius 2 is 1.69 bits per heavy atom. The van der Waals surface area contributed by atoms with Crippen LogP contribution in [0.15, 0.2) is 53.4 Å². The van der Waals surface area contributed by atoms with Gasteiger partial charge in [0.05, 0.1) is 19.1 Å². The molecular weight excluding hydrogens is 384 g/mol. The minimum Gasteiger partial charge on any atom is -0.497 e. The number of carbonyl (C=O) groups excluding carboxylic acids is 2. The molecule has 2 aromatic carbocycles. The summed E-state index contributed by atoms with van der Waals surface area (Å²) < 4.78 is 5.23. The summed E-state index contributed by atoms with van der Waals surface area (Å²) >= 11 is 1.70. The van der Waals surface area contributed by atoms with Gasteiger partial charge in [0, 0.05) is 36.3 Å². The molecule has 1 fully saturated rings. The second kappa shape index (κ2) is 9.83. The van der Waals surface area contributed by atoms with Gasteiger partial charge in [-0.15, -0.1) is 11.8 Å². The molecule has 2 aromatic rings. The molecule has 1 heterocycles. The van der Waals surface area contributed by atoms with E-state index in [4.69, 9.17) is 4.74 Å². The maximum Gasteiger partial charge on any atom is 0.255 e. The van der Waals surface area contributed by atoms with Crippen LogP contribution in [-0.2, 0) is 11.2 Å². The fourth-order valence-electron chi connectivity index (χ4n) is 3.40. The number of thioether (sulfide) groups is 1. The van der Waals surface area contributed by atoms with E-state index >= 15 is 0 Å². The first-order valence-corrected chi connectivity index (χ1v) is 10.8. The van der Waals surface area contributed by atoms with Gasteiger partial charge in [-0.25, -0.2) is 0 Å². The van der Waals surface area contributed by atoms with E-state index in [1.54, 1.807) is 18.9 Å². The molecule has 0 saturated carbocycles. The van der Waals surface area contributed by atoms with Crippen LogP contribution < -0.4 is 4.74 Å². The van der Waals surface area contributed by atoms with Crippen molar-refractivity contribution >= 4 is 23.6 Å². The normalized spacial score (nSPS) is 14.2. The quantitative estimate of drug-likeness (QED) is 0.679. The van der Waals surface area contributed by atoms with Gasteiger partial charge in [-0.05, 0) is 29.8 Å². The summed E-state index contributed by atoms with van der Waals surface area (Å²) in [5, 5.41) is 0.412. The number of carbonyl (C=O) groups is 2. The van der Waals surface area contributed by atoms with Crippen molar-refractivity contribution in [1.82, 2.24) is 9.80 Å². The minimum atomic E-state index is 0.0497. The van der Waals surface area contributed by atoms with Crippen LogP contribution in [0.4, 0.5) is 0 Å². The summed E-state index contributed by atoms with van der Waals surface area (Å²) in [7, 11) is 1.62. The topological polar surface area (TPSA) is 49.9 Å². The van der Waals surface area contributed by atoms with E-state index in [-0.39, 0.29) is 11.8 Å². The van der Waals surface area contributed by atoms with E-state index in [2.05, 4.69) is 13.8 Å². The van der Waals surface area contributed by atoms with Gasteiger partial charge in [0.2, 0.25) is 5.91 Å². The van der Waals surface area contributed by atoms with Crippen LogP contribution in [0.25, 0.3) is 0 Å². The molecule has 3 rings (SSSR count). The lowest BCUT2D eigenvalue weighted by molar-refractivity contribution is -0.131. The number of methoxy groups -OCH3 is 1. The van der Waals surface area contributed by atoms with Gasteiger partial charge in [-0.3, -0.25) is 9.59 Å². The zero-order valence-electron chi connectivity index (χ0n) is 17.3. The second-order valence-corrected chi connectivity index (χ2v) is 8.98. The van der Waals surface area contributed by atoms with Gasteiger partial charge in [-0.2, -0.15) is 0 Å². The summed E-state index contributed by atoms with van der Waals surface area (Å²) in [6.07, 6.45) is 0.346. The van der Waals surface area contributed by atoms with Crippen LogP contribution in [0.1, 0.15) is 29.8 Å². The van der Waals surface area contributed by atoms with E-state index in [1.165, 1.54) is 0 Å². The first kappa shape index (κ1) is 21.2. The van der Waals surface area contributed by atoms with Gasteiger partial charge in [0.1, 0.15) is 5.75 Å². The molecule has 29 heavy (non-hydrogen) atoms. The van der Waals surface area contributed by atoms with Crippen molar-refractivity contribution in [2.45, 2.75) is 30.4 Å². The number of benzene rings is 2. The first-order chi connectivity index (χ1) is 14.0. The largest absolute Gasteiger partial charge is 0.497 e. The van der Waals surface area contributed by atoms with Crippen molar-refractivity contribution in [3.63, 3.8) is 0 Å². The summed E-state index contributed by atoms with van der Waals surface area (Å²) in [6, 6.07) is 15.4. The van der Waals surface area contributed by atoms with Gasteiger partial charge in [0.15, 0.2) is 0 Å². The highest BCUT2D eigenvalue weighted by Crippen LogP contribution is 2.27. The van der Waals surface area contributed by atoms with Crippen molar-refractivity contribution < 1.29 is 14.3 Å². The third-order valence-electron chi connectivity index (χ3n) is 4.89. The third kappa shape index (κ3) is 5.54. The smallest absolute Gasteiger partial charge is 0.255 e. The maximum atomic E-state index is 13.0. The van der Waals surface area contributed by atoms with E-state index < -0.39 is 0 Å². The number of nitrogens with zero attached hydrogens (tertiary/aromatic N) is 2. The predicted octanol–water partition coefficient (Wildman–Crippen LogP) is 3.72. The fraction of sp³-hybridized carbons (Fsp3) is 0.391. The van der Waals surface area contributed by atoms with E-state index in [0.29, 0.717) is 37.8 Å². The average molecular weight is 413 g/mol. The highest BCUT2D eigenvalue weighted by molar-refractivity contribution is 8.00. The molecule has 0 aromatic heterocycles. The Morgan fingerprint density at radius 1 is 1.00 bits per heavy atom. The molecule has 0 N–H and O–H groups in total. The van der Waals surface area contributed by atoms with Crippen LogP contribution in [-0.4, -0.2) is 60.2 Å². The number of hydrogen-bond acceptors (Lipinski definition) is 4. The lowest BCUT2D eigenvalue weighted by Gasteiger charge is -2.35. The van der Waals surface area contributed by atoms with Crippen LogP contribution in [0.5, 0.6) is 5.75 Å². The Kier molecular flexibility index (Phi) is 7.20. The molecule has 0 bridgehead atoms. The van der Waals surface area contributed by atoms with E-state index in [0.717, 1.165) is 21.8 Å². The summed E-state index contributed by atoms with van der Waals surface area (Å²) in [6.45, 7) is 6.49. The molecule has 0 unspecified atom stereocenters. The number of rotatable bonds is 6. The standard InChI is InChI=1S/C23H28N2O3S/c1-17(2)29-21-10-5-4-9-20(21)23(27)25-13-11-24(12-14-25)22(26)16-18-7-6-8-19(15-18)28-3/h4-10,15,17H,11-14,16H2,1-3H3. The molecule has 0 atom stereocenters. The molecule has 2 amide bonds. The predicted molar refractivity (Wildman–Crippen MR) is 117 cm³/mol. The summed E-state index contributed by atoms with van der Waals surface area (Å²) in [4.78, 5) is 30.4. The Bertz CT molecular complexity index is 861. The molecule has 1 aliphatic rings. The monoisotopic (exact) mass is 412 g/mol. The molecule has 5 nitrogen and oxygen atoms in total. The second-order valence-electron chi connectivity index (χ2n) is 7.36. The van der Waals surface area contributed by atoms with Gasteiger partial charge >= 0.3 is 0 Å². The molecular formula is C23H28N2O3S. The van der Waals surface area contributed by atoms with Crippen molar-refractivity contribution in [3.05, 3.63) is 59.7 Å². The van der Waals surface area contributed by atoms with Gasteiger partial charge in [0.25, 0.3) is 5.91 Å². The zero-order chi connectivity index (χ0) is 20.8. The van der Waals surface area contributed by atoms with Crippen molar-refractivity contribution in [2.24, 2.45) is 0 Å². The minimum absolute atomic E-state index is 0.0497. The molecule has 0 aliphatic carbocycles.